The number of pyridine rings is 1. The van der Waals surface area contributed by atoms with Gasteiger partial charge in [0, 0.05) is 44.0 Å². The van der Waals surface area contributed by atoms with E-state index in [1.54, 1.807) is 12.4 Å². The lowest BCUT2D eigenvalue weighted by molar-refractivity contribution is -0.130. The van der Waals surface area contributed by atoms with Crippen molar-refractivity contribution in [2.24, 2.45) is 11.3 Å². The monoisotopic (exact) mass is 441 g/mol. The van der Waals surface area contributed by atoms with Crippen LogP contribution in [0.4, 0.5) is 0 Å². The van der Waals surface area contributed by atoms with E-state index in [9.17, 15) is 15.0 Å². The molecule has 1 saturated heterocycles. The van der Waals surface area contributed by atoms with Crippen molar-refractivity contribution in [1.29, 1.82) is 0 Å². The molecular formula is C24H31N3O5. The van der Waals surface area contributed by atoms with Crippen LogP contribution in [0.3, 0.4) is 0 Å². The number of amides is 1. The fraction of sp³-hybridized carbons (Fsp3) is 0.458. The Balaban J connectivity index is 0.000000913. The summed E-state index contributed by atoms with van der Waals surface area (Å²) >= 11 is 0. The molecule has 0 unspecified atom stereocenters. The van der Waals surface area contributed by atoms with Gasteiger partial charge in [0.15, 0.2) is 0 Å². The van der Waals surface area contributed by atoms with Gasteiger partial charge in [0.2, 0.25) is 5.91 Å². The second-order valence-corrected chi connectivity index (χ2v) is 8.53. The minimum absolute atomic E-state index is 0.0371. The fourth-order valence-corrected chi connectivity index (χ4v) is 5.14. The standard InChI is InChI=1S/C23H29N3O3.CH2O2/c1-25(10-11-27)14-19-22(18-7-3-2-4-8-18)23(19)16-26(15-20(23)28)21(29)12-17-6-5-9-24-13-17;2-1-3/h2-9,13,19-20,22,27-28H,10-12,14-16H2,1H3;1H,(H,2,3)/t19-,20+,22-,23-;/m1./s1. The number of aliphatic hydroxyl groups excluding tert-OH is 2. The molecule has 32 heavy (non-hydrogen) atoms. The summed E-state index contributed by atoms with van der Waals surface area (Å²) in [7, 11) is 2.00. The van der Waals surface area contributed by atoms with Gasteiger partial charge in [0.1, 0.15) is 0 Å². The number of likely N-dealkylation sites (N-methyl/N-ethyl adjacent to an activating group) is 1. The Labute approximate surface area is 188 Å². The van der Waals surface area contributed by atoms with Crippen LogP contribution in [-0.4, -0.2) is 88.4 Å². The molecule has 0 radical (unpaired) electrons. The molecule has 1 spiro atoms. The zero-order valence-electron chi connectivity index (χ0n) is 18.2. The molecule has 2 heterocycles. The van der Waals surface area contributed by atoms with Gasteiger partial charge in [-0.3, -0.25) is 14.6 Å². The van der Waals surface area contributed by atoms with Crippen molar-refractivity contribution < 1.29 is 24.9 Å². The van der Waals surface area contributed by atoms with Crippen LogP contribution in [0.15, 0.2) is 54.9 Å². The minimum atomic E-state index is -0.543. The van der Waals surface area contributed by atoms with Crippen molar-refractivity contribution in [2.75, 3.05) is 39.8 Å². The lowest BCUT2D eigenvalue weighted by Gasteiger charge is -2.19. The number of aliphatic hydroxyl groups is 2. The molecule has 1 amide bonds. The molecule has 172 valence electrons. The number of hydrogen-bond donors (Lipinski definition) is 3. The quantitative estimate of drug-likeness (QED) is 0.546. The zero-order chi connectivity index (χ0) is 23.1. The first-order chi connectivity index (χ1) is 15.5. The van der Waals surface area contributed by atoms with Gasteiger partial charge in [-0.15, -0.1) is 0 Å². The number of carbonyl (C=O) groups excluding carboxylic acids is 1. The first-order valence-electron chi connectivity index (χ1n) is 10.7. The van der Waals surface area contributed by atoms with Crippen LogP contribution in [0.25, 0.3) is 0 Å². The maximum Gasteiger partial charge on any atom is 0.290 e. The van der Waals surface area contributed by atoms with E-state index in [1.807, 2.05) is 42.3 Å². The summed E-state index contributed by atoms with van der Waals surface area (Å²) in [6.07, 6.45) is 3.18. The van der Waals surface area contributed by atoms with Crippen LogP contribution < -0.4 is 0 Å². The van der Waals surface area contributed by atoms with E-state index in [0.717, 1.165) is 12.1 Å². The van der Waals surface area contributed by atoms with Crippen molar-refractivity contribution in [3.05, 3.63) is 66.0 Å². The highest BCUT2D eigenvalue weighted by Crippen LogP contribution is 2.69. The summed E-state index contributed by atoms with van der Waals surface area (Å²) in [5.41, 5.74) is 1.80. The van der Waals surface area contributed by atoms with E-state index in [2.05, 4.69) is 22.0 Å². The Morgan fingerprint density at radius 1 is 1.28 bits per heavy atom. The van der Waals surface area contributed by atoms with Gasteiger partial charge in [-0.1, -0.05) is 36.4 Å². The Hall–Kier alpha value is -2.81. The summed E-state index contributed by atoms with van der Waals surface area (Å²) in [5.74, 6) is 0.513. The predicted octanol–water partition coefficient (Wildman–Crippen LogP) is 0.852. The highest BCUT2D eigenvalue weighted by atomic mass is 16.3. The van der Waals surface area contributed by atoms with Crippen molar-refractivity contribution in [2.45, 2.75) is 18.4 Å². The molecule has 2 aromatic rings. The molecule has 3 N–H and O–H groups in total. The van der Waals surface area contributed by atoms with Crippen molar-refractivity contribution in [3.63, 3.8) is 0 Å². The van der Waals surface area contributed by atoms with Gasteiger partial charge in [-0.2, -0.15) is 0 Å². The number of likely N-dealkylation sites (tertiary alicyclic amines) is 1. The van der Waals surface area contributed by atoms with Crippen molar-refractivity contribution in [1.82, 2.24) is 14.8 Å². The SMILES string of the molecule is CN(CCO)C[C@@H]1[C@@H](c2ccccc2)[C@]12CN(C(=O)Cc1cccnc1)C[C@@H]2O.O=CO. The minimum Gasteiger partial charge on any atom is -0.483 e. The molecule has 8 heteroatoms. The lowest BCUT2D eigenvalue weighted by Crippen LogP contribution is -2.31. The second-order valence-electron chi connectivity index (χ2n) is 8.53. The summed E-state index contributed by atoms with van der Waals surface area (Å²) in [5, 5.41) is 27.2. The maximum atomic E-state index is 12.9. The molecule has 4 rings (SSSR count). The Bertz CT molecular complexity index is 882. The molecule has 1 saturated carbocycles. The van der Waals surface area contributed by atoms with Crippen LogP contribution in [0, 0.1) is 11.3 Å². The predicted molar refractivity (Wildman–Crippen MR) is 119 cm³/mol. The molecule has 2 aliphatic rings. The first-order valence-corrected chi connectivity index (χ1v) is 10.7. The lowest BCUT2D eigenvalue weighted by atomic mass is 9.95. The average molecular weight is 442 g/mol. The number of aromatic nitrogens is 1. The van der Waals surface area contributed by atoms with Crippen LogP contribution >= 0.6 is 0 Å². The number of rotatable bonds is 7. The topological polar surface area (TPSA) is 114 Å². The normalized spacial score (nSPS) is 26.0. The van der Waals surface area contributed by atoms with E-state index in [1.165, 1.54) is 5.56 Å². The third kappa shape index (κ3) is 4.98. The number of carboxylic acid groups (broad SMARTS) is 1. The average Bonchev–Trinajstić information content (AvgIpc) is 3.27. The van der Waals surface area contributed by atoms with Gasteiger partial charge in [-0.25, -0.2) is 0 Å². The summed E-state index contributed by atoms with van der Waals surface area (Å²) in [6, 6.07) is 14.0. The third-order valence-corrected chi connectivity index (χ3v) is 6.62. The molecular weight excluding hydrogens is 410 g/mol. The number of hydrogen-bond acceptors (Lipinski definition) is 6. The van der Waals surface area contributed by atoms with E-state index in [0.29, 0.717) is 26.1 Å². The fourth-order valence-electron chi connectivity index (χ4n) is 5.14. The van der Waals surface area contributed by atoms with Gasteiger partial charge < -0.3 is 25.1 Å². The molecule has 1 aliphatic heterocycles. The number of benzene rings is 1. The van der Waals surface area contributed by atoms with Crippen LogP contribution in [0.5, 0.6) is 0 Å². The van der Waals surface area contributed by atoms with E-state index in [-0.39, 0.29) is 36.2 Å². The molecule has 1 aromatic carbocycles. The summed E-state index contributed by atoms with van der Waals surface area (Å²) in [6.45, 7) is 2.22. The molecule has 1 aromatic heterocycles. The number of β-amino-alcohol motifs (C(OH)–C–C–N with tert-alkyl or cyclic N) is 1. The van der Waals surface area contributed by atoms with Gasteiger partial charge in [0.25, 0.3) is 6.47 Å². The Morgan fingerprint density at radius 3 is 2.62 bits per heavy atom. The molecule has 0 bridgehead atoms. The maximum absolute atomic E-state index is 12.9. The van der Waals surface area contributed by atoms with Crippen molar-refractivity contribution in [3.8, 4) is 0 Å². The zero-order valence-corrected chi connectivity index (χ0v) is 18.2. The first kappa shape index (κ1) is 23.8. The van der Waals surface area contributed by atoms with Crippen molar-refractivity contribution >= 4 is 12.4 Å². The van der Waals surface area contributed by atoms with E-state index in [4.69, 9.17) is 9.90 Å². The van der Waals surface area contributed by atoms with Gasteiger partial charge in [-0.05, 0) is 36.1 Å². The largest absolute Gasteiger partial charge is 0.483 e. The molecule has 8 nitrogen and oxygen atoms in total. The van der Waals surface area contributed by atoms with Crippen LogP contribution in [-0.2, 0) is 16.0 Å². The Morgan fingerprint density at radius 2 is 2.00 bits per heavy atom. The van der Waals surface area contributed by atoms with Crippen LogP contribution in [0.1, 0.15) is 17.0 Å². The second kappa shape index (κ2) is 10.7. The highest BCUT2D eigenvalue weighted by Gasteiger charge is 2.71. The number of nitrogens with zero attached hydrogens (tertiary/aromatic N) is 3. The number of carbonyl (C=O) groups is 2. The Kier molecular flexibility index (Phi) is 7.95. The van der Waals surface area contributed by atoms with Crippen LogP contribution in [0.2, 0.25) is 0 Å². The molecule has 2 fully saturated rings. The van der Waals surface area contributed by atoms with E-state index < -0.39 is 6.10 Å². The van der Waals surface area contributed by atoms with E-state index >= 15 is 0 Å². The highest BCUT2D eigenvalue weighted by molar-refractivity contribution is 5.79. The third-order valence-electron chi connectivity index (χ3n) is 6.62. The smallest absolute Gasteiger partial charge is 0.290 e. The summed E-state index contributed by atoms with van der Waals surface area (Å²) in [4.78, 5) is 29.3. The molecule has 1 aliphatic carbocycles. The van der Waals surface area contributed by atoms with Gasteiger partial charge in [0.05, 0.1) is 19.1 Å². The molecule has 4 atom stereocenters. The summed E-state index contributed by atoms with van der Waals surface area (Å²) < 4.78 is 0. The van der Waals surface area contributed by atoms with Gasteiger partial charge >= 0.3 is 0 Å².